The van der Waals surface area contributed by atoms with Crippen LogP contribution in [0.4, 0.5) is 8.78 Å². The maximum atomic E-state index is 13.3. The summed E-state index contributed by atoms with van der Waals surface area (Å²) in [6, 6.07) is 0.0731. The van der Waals surface area contributed by atoms with Gasteiger partial charge in [-0.15, -0.1) is 0 Å². The lowest BCUT2D eigenvalue weighted by Crippen LogP contribution is -2.41. The van der Waals surface area contributed by atoms with E-state index in [9.17, 15) is 13.6 Å². The predicted molar refractivity (Wildman–Crippen MR) is 62.2 cm³/mol. The van der Waals surface area contributed by atoms with E-state index < -0.39 is 11.8 Å². The molecule has 1 amide bonds. The first-order chi connectivity index (χ1) is 7.95. The van der Waals surface area contributed by atoms with Crippen molar-refractivity contribution in [1.82, 2.24) is 5.32 Å². The van der Waals surface area contributed by atoms with Gasteiger partial charge in [-0.3, -0.25) is 4.79 Å². The van der Waals surface area contributed by atoms with E-state index in [-0.39, 0.29) is 29.5 Å². The number of alkyl halides is 2. The van der Waals surface area contributed by atoms with Crippen molar-refractivity contribution in [2.75, 3.05) is 0 Å². The molecule has 0 spiro atoms. The molecule has 1 heterocycles. The van der Waals surface area contributed by atoms with Crippen molar-refractivity contribution in [2.45, 2.75) is 43.4 Å². The van der Waals surface area contributed by atoms with Crippen molar-refractivity contribution in [3.05, 3.63) is 0 Å². The second kappa shape index (κ2) is 3.67. The van der Waals surface area contributed by atoms with Crippen LogP contribution in [0.25, 0.3) is 0 Å². The van der Waals surface area contributed by atoms with Crippen molar-refractivity contribution in [1.29, 1.82) is 0 Å². The molecule has 2 aliphatic carbocycles. The fourth-order valence-corrected chi connectivity index (χ4v) is 3.90. The molecule has 6 heteroatoms. The van der Waals surface area contributed by atoms with Gasteiger partial charge < -0.3 is 5.32 Å². The molecule has 0 saturated heterocycles. The number of nitrogens with one attached hydrogen (secondary N) is 1. The van der Waals surface area contributed by atoms with E-state index in [4.69, 9.17) is 0 Å². The van der Waals surface area contributed by atoms with Crippen molar-refractivity contribution in [3.63, 3.8) is 0 Å². The van der Waals surface area contributed by atoms with Crippen LogP contribution in [0.2, 0.25) is 0 Å². The summed E-state index contributed by atoms with van der Waals surface area (Å²) in [7, 11) is 0. The molecule has 3 unspecified atom stereocenters. The number of amidine groups is 1. The lowest BCUT2D eigenvalue weighted by atomic mass is 9.92. The maximum absolute atomic E-state index is 13.3. The number of carbonyl (C=O) groups is 1. The van der Waals surface area contributed by atoms with Crippen LogP contribution in [-0.2, 0) is 4.79 Å². The van der Waals surface area contributed by atoms with Crippen LogP contribution in [-0.4, -0.2) is 28.3 Å². The minimum Gasteiger partial charge on any atom is -0.361 e. The molecule has 2 saturated carbocycles. The Kier molecular flexibility index (Phi) is 2.47. The Morgan fingerprint density at radius 2 is 2.24 bits per heavy atom. The Balaban J connectivity index is 1.63. The first-order valence-electron chi connectivity index (χ1n) is 5.89. The molecule has 0 aromatic carbocycles. The number of amides is 1. The molecule has 94 valence electrons. The number of rotatable bonds is 1. The van der Waals surface area contributed by atoms with E-state index in [1.807, 2.05) is 0 Å². The van der Waals surface area contributed by atoms with Gasteiger partial charge in [0.25, 0.3) is 11.8 Å². The van der Waals surface area contributed by atoms with Gasteiger partial charge in [0.05, 0.1) is 5.25 Å². The van der Waals surface area contributed by atoms with E-state index in [1.165, 1.54) is 11.8 Å². The topological polar surface area (TPSA) is 41.5 Å². The Labute approximate surface area is 102 Å². The Bertz CT molecular complexity index is 399. The standard InChI is InChI=1S/C11H14F2N2OS/c1-5-9(16)15-10(17-5)14-8-3-7-2-6(8)4-11(7,12)13/h5-8H,2-4H2,1H3,(H,14,15,16)/t5-,6?,7?,8?/m1/s1. The minimum absolute atomic E-state index is 0.0171. The van der Waals surface area contributed by atoms with Gasteiger partial charge in [0, 0.05) is 18.4 Å². The SMILES string of the molecule is C[C@H]1SC(NC2CC3CC2CC3(F)F)=NC1=O. The van der Waals surface area contributed by atoms with Crippen molar-refractivity contribution in [3.8, 4) is 0 Å². The number of aliphatic imine (C=N–C) groups is 1. The Morgan fingerprint density at radius 1 is 1.47 bits per heavy atom. The molecule has 2 fully saturated rings. The molecule has 3 rings (SSSR count). The highest BCUT2D eigenvalue weighted by atomic mass is 32.2. The fraction of sp³-hybridized carbons (Fsp3) is 0.818. The number of carbonyl (C=O) groups excluding carboxylic acids is 1. The summed E-state index contributed by atoms with van der Waals surface area (Å²) < 4.78 is 26.7. The summed E-state index contributed by atoms with van der Waals surface area (Å²) in [6.07, 6.45) is 1.09. The van der Waals surface area contributed by atoms with Crippen LogP contribution in [0.5, 0.6) is 0 Å². The monoisotopic (exact) mass is 260 g/mol. The molecule has 17 heavy (non-hydrogen) atoms. The Morgan fingerprint density at radius 3 is 2.71 bits per heavy atom. The molecule has 1 aliphatic heterocycles. The zero-order chi connectivity index (χ0) is 12.2. The van der Waals surface area contributed by atoms with Gasteiger partial charge in [-0.2, -0.15) is 4.99 Å². The first kappa shape index (κ1) is 11.4. The summed E-state index contributed by atoms with van der Waals surface area (Å²) in [5, 5.41) is 3.64. The van der Waals surface area contributed by atoms with Gasteiger partial charge in [0.1, 0.15) is 0 Å². The molecule has 3 aliphatic rings. The smallest absolute Gasteiger partial charge is 0.261 e. The molecule has 0 radical (unpaired) electrons. The highest BCUT2D eigenvalue weighted by molar-refractivity contribution is 8.15. The number of fused-ring (bicyclic) bond motifs is 2. The molecule has 4 atom stereocenters. The third-order valence-corrected chi connectivity index (χ3v) is 4.97. The number of hydrogen-bond acceptors (Lipinski definition) is 3. The van der Waals surface area contributed by atoms with Crippen LogP contribution >= 0.6 is 11.8 Å². The van der Waals surface area contributed by atoms with Crippen LogP contribution in [0.15, 0.2) is 4.99 Å². The third kappa shape index (κ3) is 1.86. The third-order valence-electron chi connectivity index (χ3n) is 3.98. The molecular weight excluding hydrogens is 246 g/mol. The van der Waals surface area contributed by atoms with Gasteiger partial charge in [-0.05, 0) is 25.7 Å². The minimum atomic E-state index is -2.48. The number of thioether (sulfide) groups is 1. The van der Waals surface area contributed by atoms with Gasteiger partial charge in [-0.1, -0.05) is 11.8 Å². The quantitative estimate of drug-likeness (QED) is 0.784. The summed E-state index contributed by atoms with van der Waals surface area (Å²) >= 11 is 1.39. The van der Waals surface area contributed by atoms with Crippen LogP contribution in [0.1, 0.15) is 26.2 Å². The highest BCUT2D eigenvalue weighted by Crippen LogP contribution is 2.53. The average Bonchev–Trinajstić information content (AvgIpc) is 2.81. The fourth-order valence-electron chi connectivity index (χ4n) is 3.05. The Hall–Kier alpha value is -0.650. The summed E-state index contributed by atoms with van der Waals surface area (Å²) in [5.74, 6) is -3.06. The van der Waals surface area contributed by atoms with E-state index in [1.54, 1.807) is 6.92 Å². The van der Waals surface area contributed by atoms with Crippen molar-refractivity contribution >= 4 is 22.8 Å². The molecule has 0 aromatic rings. The lowest BCUT2D eigenvalue weighted by Gasteiger charge is -2.28. The molecule has 1 N–H and O–H groups in total. The summed E-state index contributed by atoms with van der Waals surface area (Å²) in [6.45, 7) is 1.81. The number of hydrogen-bond donors (Lipinski definition) is 1. The molecule has 3 nitrogen and oxygen atoms in total. The predicted octanol–water partition coefficient (Wildman–Crippen LogP) is 2.03. The van der Waals surface area contributed by atoms with E-state index in [0.29, 0.717) is 18.0 Å². The van der Waals surface area contributed by atoms with Gasteiger partial charge in [-0.25, -0.2) is 8.78 Å². The van der Waals surface area contributed by atoms with Crippen LogP contribution in [0.3, 0.4) is 0 Å². The normalized spacial score (nSPS) is 43.0. The molecule has 2 bridgehead atoms. The number of nitrogens with zero attached hydrogens (tertiary/aromatic N) is 1. The zero-order valence-corrected chi connectivity index (χ0v) is 10.3. The maximum Gasteiger partial charge on any atom is 0.261 e. The largest absolute Gasteiger partial charge is 0.361 e. The zero-order valence-electron chi connectivity index (χ0n) is 9.45. The van der Waals surface area contributed by atoms with E-state index >= 15 is 0 Å². The van der Waals surface area contributed by atoms with Crippen LogP contribution < -0.4 is 5.32 Å². The van der Waals surface area contributed by atoms with E-state index in [0.717, 1.165) is 0 Å². The lowest BCUT2D eigenvalue weighted by molar-refractivity contribution is -0.116. The summed E-state index contributed by atoms with van der Waals surface area (Å²) in [5.41, 5.74) is 0. The highest BCUT2D eigenvalue weighted by Gasteiger charge is 2.56. The van der Waals surface area contributed by atoms with Crippen molar-refractivity contribution in [2.24, 2.45) is 16.8 Å². The first-order valence-corrected chi connectivity index (χ1v) is 6.77. The average molecular weight is 260 g/mol. The van der Waals surface area contributed by atoms with Gasteiger partial charge in [0.15, 0.2) is 5.17 Å². The van der Waals surface area contributed by atoms with Gasteiger partial charge >= 0.3 is 0 Å². The summed E-state index contributed by atoms with van der Waals surface area (Å²) in [4.78, 5) is 15.1. The second-order valence-corrected chi connectivity index (χ2v) is 6.49. The second-order valence-electron chi connectivity index (χ2n) is 5.16. The van der Waals surface area contributed by atoms with Gasteiger partial charge in [0.2, 0.25) is 0 Å². The van der Waals surface area contributed by atoms with Crippen molar-refractivity contribution < 1.29 is 13.6 Å². The van der Waals surface area contributed by atoms with Crippen LogP contribution in [0, 0.1) is 11.8 Å². The molecular formula is C11H14F2N2OS. The molecule has 0 aromatic heterocycles. The number of halogens is 2. The van der Waals surface area contributed by atoms with E-state index in [2.05, 4.69) is 10.3 Å².